The standard InChI is InChI=1S/C21H21ClF3NO4/c1-12-5-15(8-26-9-16(10-26)20(27)28)6-13(2)19(12)29-11-14-3-4-17(22)18(7-14)30-21(23,24)25/h3-7,16H,8-11H2,1-2H3,(H,27,28). The Balaban J connectivity index is 1.65. The van der Waals surface area contributed by atoms with Gasteiger partial charge in [0, 0.05) is 19.6 Å². The Hall–Kier alpha value is -2.45. The summed E-state index contributed by atoms with van der Waals surface area (Å²) in [7, 11) is 0. The van der Waals surface area contributed by atoms with E-state index in [2.05, 4.69) is 9.64 Å². The molecule has 0 radical (unpaired) electrons. The van der Waals surface area contributed by atoms with E-state index in [9.17, 15) is 18.0 Å². The van der Waals surface area contributed by atoms with Crippen LogP contribution in [0.2, 0.25) is 5.02 Å². The molecule has 0 atom stereocenters. The van der Waals surface area contributed by atoms with Gasteiger partial charge >= 0.3 is 12.3 Å². The number of nitrogens with zero attached hydrogens (tertiary/aromatic N) is 1. The van der Waals surface area contributed by atoms with E-state index in [1.165, 1.54) is 12.1 Å². The van der Waals surface area contributed by atoms with Crippen molar-refractivity contribution in [3.63, 3.8) is 0 Å². The molecular formula is C21H21ClF3NO4. The molecular weight excluding hydrogens is 423 g/mol. The first kappa shape index (κ1) is 22.2. The first-order valence-corrected chi connectivity index (χ1v) is 9.62. The van der Waals surface area contributed by atoms with E-state index in [1.54, 1.807) is 6.07 Å². The smallest absolute Gasteiger partial charge is 0.488 e. The lowest BCUT2D eigenvalue weighted by Crippen LogP contribution is -2.49. The van der Waals surface area contributed by atoms with Crippen LogP contribution in [0.5, 0.6) is 11.5 Å². The van der Waals surface area contributed by atoms with Crippen molar-refractivity contribution in [1.82, 2.24) is 4.90 Å². The van der Waals surface area contributed by atoms with Gasteiger partial charge in [0.1, 0.15) is 18.1 Å². The topological polar surface area (TPSA) is 59.0 Å². The van der Waals surface area contributed by atoms with Crippen molar-refractivity contribution < 1.29 is 32.5 Å². The van der Waals surface area contributed by atoms with Crippen LogP contribution >= 0.6 is 11.6 Å². The molecule has 2 aromatic carbocycles. The molecule has 30 heavy (non-hydrogen) atoms. The molecule has 5 nitrogen and oxygen atoms in total. The van der Waals surface area contributed by atoms with Crippen LogP contribution in [-0.4, -0.2) is 35.4 Å². The molecule has 1 saturated heterocycles. The van der Waals surface area contributed by atoms with E-state index in [0.29, 0.717) is 30.9 Å². The summed E-state index contributed by atoms with van der Waals surface area (Å²) in [6.07, 6.45) is -4.83. The van der Waals surface area contributed by atoms with Crippen LogP contribution < -0.4 is 9.47 Å². The van der Waals surface area contributed by atoms with Crippen LogP contribution in [-0.2, 0) is 17.9 Å². The third-order valence-corrected chi connectivity index (χ3v) is 5.15. The predicted octanol–water partition coefficient (Wildman–Crippen LogP) is 4.95. The number of alkyl halides is 3. The maximum absolute atomic E-state index is 12.5. The Morgan fingerprint density at radius 2 is 1.80 bits per heavy atom. The largest absolute Gasteiger partial charge is 0.573 e. The van der Waals surface area contributed by atoms with Gasteiger partial charge in [-0.3, -0.25) is 9.69 Å². The highest BCUT2D eigenvalue weighted by atomic mass is 35.5. The highest BCUT2D eigenvalue weighted by Crippen LogP contribution is 2.32. The van der Waals surface area contributed by atoms with Gasteiger partial charge in [0.25, 0.3) is 0 Å². The van der Waals surface area contributed by atoms with Crippen molar-refractivity contribution in [2.75, 3.05) is 13.1 Å². The quantitative estimate of drug-likeness (QED) is 0.656. The molecule has 0 spiro atoms. The minimum absolute atomic E-state index is 0.0544. The fraction of sp³-hybridized carbons (Fsp3) is 0.381. The number of halogens is 4. The number of benzene rings is 2. The number of carboxylic acid groups (broad SMARTS) is 1. The summed E-state index contributed by atoms with van der Waals surface area (Å²) in [6, 6.07) is 8.06. The minimum Gasteiger partial charge on any atom is -0.488 e. The van der Waals surface area contributed by atoms with E-state index in [4.69, 9.17) is 21.4 Å². The zero-order chi connectivity index (χ0) is 22.1. The number of hydrogen-bond acceptors (Lipinski definition) is 4. The molecule has 0 amide bonds. The van der Waals surface area contributed by atoms with Crippen molar-refractivity contribution >= 4 is 17.6 Å². The molecule has 0 aliphatic carbocycles. The van der Waals surface area contributed by atoms with E-state index in [1.807, 2.05) is 26.0 Å². The van der Waals surface area contributed by atoms with Gasteiger partial charge in [0.05, 0.1) is 10.9 Å². The number of carbonyl (C=O) groups is 1. The first-order chi connectivity index (χ1) is 14.0. The van der Waals surface area contributed by atoms with Crippen LogP contribution in [0.15, 0.2) is 30.3 Å². The molecule has 1 N–H and O–H groups in total. The van der Waals surface area contributed by atoms with Gasteiger partial charge in [-0.15, -0.1) is 13.2 Å². The molecule has 0 saturated carbocycles. The Morgan fingerprint density at radius 3 is 2.37 bits per heavy atom. The summed E-state index contributed by atoms with van der Waals surface area (Å²) in [4.78, 5) is 13.0. The third kappa shape index (κ3) is 5.58. The maximum Gasteiger partial charge on any atom is 0.573 e. The van der Waals surface area contributed by atoms with Gasteiger partial charge in [-0.2, -0.15) is 0 Å². The minimum atomic E-state index is -4.83. The molecule has 162 valence electrons. The van der Waals surface area contributed by atoms with Crippen molar-refractivity contribution in [3.05, 3.63) is 57.6 Å². The summed E-state index contributed by atoms with van der Waals surface area (Å²) in [5.41, 5.74) is 3.32. The number of ether oxygens (including phenoxy) is 2. The number of likely N-dealkylation sites (tertiary alicyclic amines) is 1. The molecule has 3 rings (SSSR count). The molecule has 0 aromatic heterocycles. The Bertz CT molecular complexity index is 919. The number of hydrogen-bond donors (Lipinski definition) is 1. The molecule has 2 aromatic rings. The van der Waals surface area contributed by atoms with Gasteiger partial charge in [-0.05, 0) is 48.2 Å². The lowest BCUT2D eigenvalue weighted by molar-refractivity contribution is -0.274. The van der Waals surface area contributed by atoms with Crippen LogP contribution in [0.3, 0.4) is 0 Å². The van der Waals surface area contributed by atoms with Gasteiger partial charge in [0.15, 0.2) is 0 Å². The van der Waals surface area contributed by atoms with E-state index >= 15 is 0 Å². The molecule has 1 aliphatic rings. The van der Waals surface area contributed by atoms with Crippen molar-refractivity contribution in [1.29, 1.82) is 0 Å². The molecule has 0 unspecified atom stereocenters. The Labute approximate surface area is 177 Å². The van der Waals surface area contributed by atoms with Gasteiger partial charge < -0.3 is 14.6 Å². The highest BCUT2D eigenvalue weighted by Gasteiger charge is 2.33. The van der Waals surface area contributed by atoms with Crippen LogP contribution in [0.1, 0.15) is 22.3 Å². The second-order valence-corrected chi connectivity index (χ2v) is 7.80. The van der Waals surface area contributed by atoms with Crippen molar-refractivity contribution in [2.24, 2.45) is 5.92 Å². The van der Waals surface area contributed by atoms with Crippen molar-refractivity contribution in [3.8, 4) is 11.5 Å². The predicted molar refractivity (Wildman–Crippen MR) is 105 cm³/mol. The molecule has 1 fully saturated rings. The number of carboxylic acids is 1. The lowest BCUT2D eigenvalue weighted by Gasteiger charge is -2.36. The molecule has 1 aliphatic heterocycles. The van der Waals surface area contributed by atoms with Gasteiger partial charge in [-0.1, -0.05) is 29.8 Å². The van der Waals surface area contributed by atoms with Crippen LogP contribution in [0, 0.1) is 19.8 Å². The molecule has 9 heteroatoms. The number of aryl methyl sites for hydroxylation is 2. The first-order valence-electron chi connectivity index (χ1n) is 9.24. The lowest BCUT2D eigenvalue weighted by atomic mass is 9.98. The molecule has 1 heterocycles. The van der Waals surface area contributed by atoms with Crippen LogP contribution in [0.25, 0.3) is 0 Å². The van der Waals surface area contributed by atoms with Gasteiger partial charge in [-0.25, -0.2) is 0 Å². The maximum atomic E-state index is 12.5. The Kier molecular flexibility index (Phi) is 6.47. The zero-order valence-corrected chi connectivity index (χ0v) is 17.2. The summed E-state index contributed by atoms with van der Waals surface area (Å²) in [5, 5.41) is 8.83. The average Bonchev–Trinajstić information content (AvgIpc) is 2.58. The monoisotopic (exact) mass is 443 g/mol. The SMILES string of the molecule is Cc1cc(CN2CC(C(=O)O)C2)cc(C)c1OCc1ccc(Cl)c(OC(F)(F)F)c1. The average molecular weight is 444 g/mol. The van der Waals surface area contributed by atoms with Gasteiger partial charge in [0.2, 0.25) is 0 Å². The second-order valence-electron chi connectivity index (χ2n) is 7.39. The normalized spacial score (nSPS) is 15.0. The summed E-state index contributed by atoms with van der Waals surface area (Å²) in [5.74, 6) is -0.893. The second kappa shape index (κ2) is 8.73. The highest BCUT2D eigenvalue weighted by molar-refractivity contribution is 6.32. The van der Waals surface area contributed by atoms with E-state index < -0.39 is 18.1 Å². The Morgan fingerprint density at radius 1 is 1.17 bits per heavy atom. The molecule has 0 bridgehead atoms. The summed E-state index contributed by atoms with van der Waals surface area (Å²) < 4.78 is 47.2. The van der Waals surface area contributed by atoms with E-state index in [0.717, 1.165) is 16.7 Å². The fourth-order valence-corrected chi connectivity index (χ4v) is 3.62. The number of rotatable bonds is 7. The van der Waals surface area contributed by atoms with Crippen molar-refractivity contribution in [2.45, 2.75) is 33.4 Å². The van der Waals surface area contributed by atoms with Crippen LogP contribution in [0.4, 0.5) is 13.2 Å². The third-order valence-electron chi connectivity index (χ3n) is 4.84. The zero-order valence-electron chi connectivity index (χ0n) is 16.4. The summed E-state index contributed by atoms with van der Waals surface area (Å²) in [6.45, 7) is 5.55. The van der Waals surface area contributed by atoms with E-state index in [-0.39, 0.29) is 17.5 Å². The summed E-state index contributed by atoms with van der Waals surface area (Å²) >= 11 is 5.77. The number of aliphatic carboxylic acids is 1. The fourth-order valence-electron chi connectivity index (χ4n) is 3.47.